The average molecular weight is 165 g/mol. The van der Waals surface area contributed by atoms with Crippen LogP contribution in [-0.2, 0) is 5.54 Å². The zero-order valence-corrected chi connectivity index (χ0v) is 8.05. The first-order valence-electron chi connectivity index (χ1n) is 4.04. The molecular formula is C9H15N3. The molecule has 1 aromatic rings. The molecule has 0 atom stereocenters. The van der Waals surface area contributed by atoms with Crippen LogP contribution >= 0.6 is 0 Å². The minimum absolute atomic E-state index is 0.0965. The number of aromatic nitrogens is 2. The zero-order valence-electron chi connectivity index (χ0n) is 8.05. The summed E-state index contributed by atoms with van der Waals surface area (Å²) >= 11 is 0. The molecule has 1 rings (SSSR count). The lowest BCUT2D eigenvalue weighted by Gasteiger charge is -2.22. The molecule has 0 aliphatic rings. The maximum atomic E-state index is 4.30. The Kier molecular flexibility index (Phi) is 2.43. The first-order chi connectivity index (χ1) is 5.56. The van der Waals surface area contributed by atoms with Gasteiger partial charge in [0.05, 0.1) is 23.1 Å². The summed E-state index contributed by atoms with van der Waals surface area (Å²) in [6.45, 7) is 6.09. The van der Waals surface area contributed by atoms with E-state index in [-0.39, 0.29) is 5.54 Å². The molecule has 0 aliphatic carbocycles. The highest BCUT2D eigenvalue weighted by atomic mass is 15.0. The summed E-state index contributed by atoms with van der Waals surface area (Å²) in [5, 5.41) is 3.17. The van der Waals surface area contributed by atoms with E-state index in [1.165, 1.54) is 0 Å². The van der Waals surface area contributed by atoms with Gasteiger partial charge in [0, 0.05) is 6.20 Å². The molecule has 1 heterocycles. The van der Waals surface area contributed by atoms with Gasteiger partial charge >= 0.3 is 0 Å². The fourth-order valence-corrected chi connectivity index (χ4v) is 0.843. The molecule has 0 saturated carbocycles. The molecule has 66 valence electrons. The van der Waals surface area contributed by atoms with Crippen LogP contribution in [0.5, 0.6) is 0 Å². The van der Waals surface area contributed by atoms with Gasteiger partial charge in [-0.05, 0) is 27.8 Å². The van der Waals surface area contributed by atoms with E-state index in [0.717, 1.165) is 11.4 Å². The Morgan fingerprint density at radius 3 is 2.33 bits per heavy atom. The summed E-state index contributed by atoms with van der Waals surface area (Å²) in [6, 6.07) is 0. The normalized spacial score (nSPS) is 11.7. The quantitative estimate of drug-likeness (QED) is 0.716. The number of nitrogens with one attached hydrogen (secondary N) is 1. The summed E-state index contributed by atoms with van der Waals surface area (Å²) < 4.78 is 0. The average Bonchev–Trinajstić information content (AvgIpc) is 2.05. The van der Waals surface area contributed by atoms with Crippen molar-refractivity contribution < 1.29 is 0 Å². The maximum absolute atomic E-state index is 4.30. The Hall–Kier alpha value is -0.960. The van der Waals surface area contributed by atoms with E-state index in [1.54, 1.807) is 6.20 Å². The molecule has 12 heavy (non-hydrogen) atoms. The van der Waals surface area contributed by atoms with Crippen molar-refractivity contribution >= 4 is 0 Å². The molecule has 0 saturated heterocycles. The van der Waals surface area contributed by atoms with Crippen molar-refractivity contribution in [1.29, 1.82) is 0 Å². The third kappa shape index (κ3) is 1.80. The third-order valence-electron chi connectivity index (χ3n) is 2.05. The minimum Gasteiger partial charge on any atom is -0.310 e. The molecule has 0 aromatic carbocycles. The second-order valence-corrected chi connectivity index (χ2v) is 3.42. The van der Waals surface area contributed by atoms with E-state index >= 15 is 0 Å². The van der Waals surface area contributed by atoms with E-state index in [4.69, 9.17) is 0 Å². The topological polar surface area (TPSA) is 37.8 Å². The lowest BCUT2D eigenvalue weighted by molar-refractivity contribution is 0.429. The Balaban J connectivity index is 2.96. The molecule has 3 heteroatoms. The third-order valence-corrected chi connectivity index (χ3v) is 2.05. The molecule has 0 spiro atoms. The van der Waals surface area contributed by atoms with E-state index in [1.807, 2.05) is 20.2 Å². The highest BCUT2D eigenvalue weighted by Crippen LogP contribution is 2.15. The SMILES string of the molecule is CNC(C)(C)c1cnc(C)cn1. The van der Waals surface area contributed by atoms with Gasteiger partial charge in [-0.15, -0.1) is 0 Å². The van der Waals surface area contributed by atoms with Crippen LogP contribution in [0, 0.1) is 6.92 Å². The Morgan fingerprint density at radius 1 is 1.25 bits per heavy atom. The van der Waals surface area contributed by atoms with Crippen molar-refractivity contribution in [3.05, 3.63) is 23.8 Å². The predicted octanol–water partition coefficient (Wildman–Crippen LogP) is 1.24. The van der Waals surface area contributed by atoms with Crippen LogP contribution in [-0.4, -0.2) is 17.0 Å². The van der Waals surface area contributed by atoms with Crippen molar-refractivity contribution in [2.45, 2.75) is 26.3 Å². The predicted molar refractivity (Wildman–Crippen MR) is 48.9 cm³/mol. The van der Waals surface area contributed by atoms with Gasteiger partial charge in [-0.25, -0.2) is 0 Å². The van der Waals surface area contributed by atoms with Crippen molar-refractivity contribution in [3.8, 4) is 0 Å². The van der Waals surface area contributed by atoms with E-state index in [0.29, 0.717) is 0 Å². The van der Waals surface area contributed by atoms with Gasteiger partial charge in [0.1, 0.15) is 0 Å². The van der Waals surface area contributed by atoms with E-state index < -0.39 is 0 Å². The number of nitrogens with zero attached hydrogens (tertiary/aromatic N) is 2. The largest absolute Gasteiger partial charge is 0.310 e. The van der Waals surface area contributed by atoms with Crippen LogP contribution in [0.4, 0.5) is 0 Å². The summed E-state index contributed by atoms with van der Waals surface area (Å²) in [4.78, 5) is 8.49. The monoisotopic (exact) mass is 165 g/mol. The number of hydrogen-bond acceptors (Lipinski definition) is 3. The van der Waals surface area contributed by atoms with Crippen LogP contribution in [0.15, 0.2) is 12.4 Å². The summed E-state index contributed by atoms with van der Waals surface area (Å²) in [5.74, 6) is 0. The first-order valence-corrected chi connectivity index (χ1v) is 4.04. The second-order valence-electron chi connectivity index (χ2n) is 3.42. The molecule has 0 fully saturated rings. The fourth-order valence-electron chi connectivity index (χ4n) is 0.843. The zero-order chi connectivity index (χ0) is 9.19. The highest BCUT2D eigenvalue weighted by Gasteiger charge is 2.18. The van der Waals surface area contributed by atoms with Crippen LogP contribution in [0.3, 0.4) is 0 Å². The molecule has 0 amide bonds. The fraction of sp³-hybridized carbons (Fsp3) is 0.556. The van der Waals surface area contributed by atoms with Gasteiger partial charge in [-0.3, -0.25) is 9.97 Å². The van der Waals surface area contributed by atoms with Crippen LogP contribution in [0.25, 0.3) is 0 Å². The summed E-state index contributed by atoms with van der Waals surface area (Å²) in [7, 11) is 1.92. The van der Waals surface area contributed by atoms with Crippen molar-refractivity contribution in [2.24, 2.45) is 0 Å². The van der Waals surface area contributed by atoms with Crippen molar-refractivity contribution in [1.82, 2.24) is 15.3 Å². The number of hydrogen-bond donors (Lipinski definition) is 1. The summed E-state index contributed by atoms with van der Waals surface area (Å²) in [5.41, 5.74) is 1.82. The van der Waals surface area contributed by atoms with Crippen molar-refractivity contribution in [3.63, 3.8) is 0 Å². The van der Waals surface area contributed by atoms with Crippen molar-refractivity contribution in [2.75, 3.05) is 7.05 Å². The second kappa shape index (κ2) is 3.19. The van der Waals surface area contributed by atoms with Crippen LogP contribution in [0.2, 0.25) is 0 Å². The standard InChI is InChI=1S/C9H15N3/c1-7-5-12-8(6-11-7)9(2,3)10-4/h5-6,10H,1-4H3. The van der Waals surface area contributed by atoms with Crippen LogP contribution in [0.1, 0.15) is 25.2 Å². The molecule has 0 unspecified atom stereocenters. The van der Waals surface area contributed by atoms with E-state index in [9.17, 15) is 0 Å². The number of aryl methyl sites for hydroxylation is 1. The Labute approximate surface area is 73.2 Å². The molecular weight excluding hydrogens is 150 g/mol. The molecule has 1 aromatic heterocycles. The maximum Gasteiger partial charge on any atom is 0.0781 e. The molecule has 1 N–H and O–H groups in total. The van der Waals surface area contributed by atoms with Gasteiger partial charge in [-0.1, -0.05) is 0 Å². The highest BCUT2D eigenvalue weighted by molar-refractivity contribution is 5.10. The number of rotatable bonds is 2. The Bertz CT molecular complexity index is 251. The first kappa shape index (κ1) is 9.13. The lowest BCUT2D eigenvalue weighted by atomic mass is 10.0. The van der Waals surface area contributed by atoms with Gasteiger partial charge in [0.2, 0.25) is 0 Å². The smallest absolute Gasteiger partial charge is 0.0781 e. The molecule has 3 nitrogen and oxygen atoms in total. The van der Waals surface area contributed by atoms with Gasteiger partial charge in [0.15, 0.2) is 0 Å². The lowest BCUT2D eigenvalue weighted by Crippen LogP contribution is -2.34. The molecule has 0 radical (unpaired) electrons. The van der Waals surface area contributed by atoms with Gasteiger partial charge < -0.3 is 5.32 Å². The Morgan fingerprint density at radius 2 is 1.92 bits per heavy atom. The van der Waals surface area contributed by atoms with Crippen LogP contribution < -0.4 is 5.32 Å². The van der Waals surface area contributed by atoms with Gasteiger partial charge in [-0.2, -0.15) is 0 Å². The van der Waals surface area contributed by atoms with Gasteiger partial charge in [0.25, 0.3) is 0 Å². The molecule has 0 bridgehead atoms. The minimum atomic E-state index is -0.0965. The van der Waals surface area contributed by atoms with E-state index in [2.05, 4.69) is 29.1 Å². The summed E-state index contributed by atoms with van der Waals surface area (Å²) in [6.07, 6.45) is 3.60. The molecule has 0 aliphatic heterocycles.